The van der Waals surface area contributed by atoms with Crippen molar-refractivity contribution in [2.45, 2.75) is 24.8 Å². The Morgan fingerprint density at radius 2 is 2.16 bits per heavy atom. The van der Waals surface area contributed by atoms with Crippen LogP contribution in [0.2, 0.25) is 0 Å². The summed E-state index contributed by atoms with van der Waals surface area (Å²) in [6, 6.07) is 8.95. The third-order valence-corrected chi connectivity index (χ3v) is 3.68. The SMILES string of the molecule is CC(C)C(CO)NC(=O)c1ccccc1SCC#N. The van der Waals surface area contributed by atoms with Crippen LogP contribution in [0.1, 0.15) is 24.2 Å². The third kappa shape index (κ3) is 4.58. The van der Waals surface area contributed by atoms with Crippen LogP contribution in [0, 0.1) is 17.2 Å². The van der Waals surface area contributed by atoms with Crippen LogP contribution in [0.3, 0.4) is 0 Å². The zero-order valence-electron chi connectivity index (χ0n) is 11.1. The summed E-state index contributed by atoms with van der Waals surface area (Å²) >= 11 is 1.33. The van der Waals surface area contributed by atoms with Gasteiger partial charge >= 0.3 is 0 Å². The minimum absolute atomic E-state index is 0.0864. The molecule has 0 saturated carbocycles. The molecule has 4 nitrogen and oxygen atoms in total. The Bertz CT molecular complexity index is 469. The molecule has 1 aromatic rings. The molecular formula is C14H18N2O2S. The second kappa shape index (κ2) is 7.82. The van der Waals surface area contributed by atoms with Gasteiger partial charge in [0.05, 0.1) is 30.0 Å². The highest BCUT2D eigenvalue weighted by atomic mass is 32.2. The first-order chi connectivity index (χ1) is 9.10. The molecule has 2 N–H and O–H groups in total. The quantitative estimate of drug-likeness (QED) is 0.781. The molecule has 0 radical (unpaired) electrons. The minimum Gasteiger partial charge on any atom is -0.394 e. The molecule has 0 saturated heterocycles. The van der Waals surface area contributed by atoms with Crippen LogP contribution in [0.15, 0.2) is 29.2 Å². The van der Waals surface area contributed by atoms with E-state index in [9.17, 15) is 9.90 Å². The van der Waals surface area contributed by atoms with Crippen molar-refractivity contribution in [1.29, 1.82) is 5.26 Å². The molecule has 1 amide bonds. The maximum atomic E-state index is 12.2. The number of aliphatic hydroxyl groups excluding tert-OH is 1. The van der Waals surface area contributed by atoms with Gasteiger partial charge in [-0.3, -0.25) is 4.79 Å². The Morgan fingerprint density at radius 3 is 2.74 bits per heavy atom. The number of carbonyl (C=O) groups excluding carboxylic acids is 1. The Kier molecular flexibility index (Phi) is 6.40. The topological polar surface area (TPSA) is 73.1 Å². The van der Waals surface area contributed by atoms with Crippen molar-refractivity contribution in [3.8, 4) is 6.07 Å². The van der Waals surface area contributed by atoms with E-state index in [2.05, 4.69) is 5.32 Å². The summed E-state index contributed by atoms with van der Waals surface area (Å²) in [5, 5.41) is 20.7. The van der Waals surface area contributed by atoms with Gasteiger partial charge in [-0.25, -0.2) is 0 Å². The second-order valence-corrected chi connectivity index (χ2v) is 5.47. The van der Waals surface area contributed by atoms with E-state index < -0.39 is 0 Å². The molecule has 0 bridgehead atoms. The molecule has 102 valence electrons. The van der Waals surface area contributed by atoms with Gasteiger partial charge in [0.1, 0.15) is 0 Å². The average Bonchev–Trinajstić information content (AvgIpc) is 2.42. The van der Waals surface area contributed by atoms with Crippen LogP contribution in [0.4, 0.5) is 0 Å². The van der Waals surface area contributed by atoms with Crippen LogP contribution >= 0.6 is 11.8 Å². The van der Waals surface area contributed by atoms with Crippen molar-refractivity contribution in [2.24, 2.45) is 5.92 Å². The number of aliphatic hydroxyl groups is 1. The Morgan fingerprint density at radius 1 is 1.47 bits per heavy atom. The van der Waals surface area contributed by atoms with Gasteiger partial charge in [-0.1, -0.05) is 26.0 Å². The van der Waals surface area contributed by atoms with Crippen molar-refractivity contribution in [3.05, 3.63) is 29.8 Å². The van der Waals surface area contributed by atoms with Gasteiger partial charge in [-0.05, 0) is 18.1 Å². The molecule has 0 heterocycles. The lowest BCUT2D eigenvalue weighted by molar-refractivity contribution is 0.0894. The minimum atomic E-state index is -0.262. The molecule has 1 aromatic carbocycles. The number of thioether (sulfide) groups is 1. The molecule has 1 rings (SSSR count). The predicted molar refractivity (Wildman–Crippen MR) is 76.0 cm³/mol. The average molecular weight is 278 g/mol. The lowest BCUT2D eigenvalue weighted by atomic mass is 10.0. The fourth-order valence-electron chi connectivity index (χ4n) is 1.56. The van der Waals surface area contributed by atoms with Crippen LogP contribution in [-0.2, 0) is 0 Å². The fourth-order valence-corrected chi connectivity index (χ4v) is 2.27. The Hall–Kier alpha value is -1.51. The number of nitrogens with zero attached hydrogens (tertiary/aromatic N) is 1. The fraction of sp³-hybridized carbons (Fsp3) is 0.429. The smallest absolute Gasteiger partial charge is 0.252 e. The van der Waals surface area contributed by atoms with Gasteiger partial charge in [0, 0.05) is 4.90 Å². The number of nitriles is 1. The molecule has 19 heavy (non-hydrogen) atoms. The number of nitrogens with one attached hydrogen (secondary N) is 1. The van der Waals surface area contributed by atoms with Crippen LogP contribution in [-0.4, -0.2) is 29.4 Å². The molecule has 1 unspecified atom stereocenters. The Labute approximate surface area is 117 Å². The van der Waals surface area contributed by atoms with Gasteiger partial charge in [0.2, 0.25) is 0 Å². The summed E-state index contributed by atoms with van der Waals surface area (Å²) in [4.78, 5) is 13.0. The molecule has 0 aliphatic carbocycles. The molecule has 1 atom stereocenters. The zero-order valence-corrected chi connectivity index (χ0v) is 11.9. The van der Waals surface area contributed by atoms with E-state index >= 15 is 0 Å². The highest BCUT2D eigenvalue weighted by Crippen LogP contribution is 2.22. The summed E-state index contributed by atoms with van der Waals surface area (Å²) in [6.07, 6.45) is 0. The van der Waals surface area contributed by atoms with E-state index in [0.29, 0.717) is 11.3 Å². The normalized spacial score (nSPS) is 11.9. The van der Waals surface area contributed by atoms with Crippen molar-refractivity contribution in [2.75, 3.05) is 12.4 Å². The van der Waals surface area contributed by atoms with E-state index in [1.807, 2.05) is 32.0 Å². The van der Waals surface area contributed by atoms with E-state index in [4.69, 9.17) is 5.26 Å². The lowest BCUT2D eigenvalue weighted by Gasteiger charge is -2.20. The first-order valence-corrected chi connectivity index (χ1v) is 7.09. The first-order valence-electron chi connectivity index (χ1n) is 6.10. The van der Waals surface area contributed by atoms with E-state index in [1.54, 1.807) is 12.1 Å². The monoisotopic (exact) mass is 278 g/mol. The highest BCUT2D eigenvalue weighted by Gasteiger charge is 2.18. The second-order valence-electron chi connectivity index (χ2n) is 4.45. The molecule has 0 aliphatic rings. The molecular weight excluding hydrogens is 260 g/mol. The molecule has 0 fully saturated rings. The molecule has 0 aromatic heterocycles. The molecule has 0 aliphatic heterocycles. The summed E-state index contributed by atoms with van der Waals surface area (Å²) < 4.78 is 0. The van der Waals surface area contributed by atoms with Gasteiger partial charge in [0.15, 0.2) is 0 Å². The maximum absolute atomic E-state index is 12.2. The standard InChI is InChI=1S/C14H18N2O2S/c1-10(2)12(9-17)16-14(18)11-5-3-4-6-13(11)19-8-7-15/h3-6,10,12,17H,8-9H2,1-2H3,(H,16,18). The number of benzene rings is 1. The number of rotatable bonds is 6. The van der Waals surface area contributed by atoms with E-state index in [1.165, 1.54) is 11.8 Å². The first kappa shape index (κ1) is 15.5. The van der Waals surface area contributed by atoms with Crippen molar-refractivity contribution in [1.82, 2.24) is 5.32 Å². The van der Waals surface area contributed by atoms with Crippen LogP contribution in [0.5, 0.6) is 0 Å². The largest absolute Gasteiger partial charge is 0.394 e. The summed E-state index contributed by atoms with van der Waals surface area (Å²) in [5.41, 5.74) is 0.543. The van der Waals surface area contributed by atoms with Gasteiger partial charge < -0.3 is 10.4 Å². The summed E-state index contributed by atoms with van der Waals surface area (Å²) in [7, 11) is 0. The van der Waals surface area contributed by atoms with Crippen molar-refractivity contribution >= 4 is 17.7 Å². The van der Waals surface area contributed by atoms with Crippen molar-refractivity contribution < 1.29 is 9.90 Å². The number of carbonyl (C=O) groups is 1. The third-order valence-electron chi connectivity index (χ3n) is 2.74. The van der Waals surface area contributed by atoms with E-state index in [-0.39, 0.29) is 24.5 Å². The maximum Gasteiger partial charge on any atom is 0.252 e. The summed E-state index contributed by atoms with van der Waals surface area (Å²) in [5.74, 6) is 0.249. The molecule has 0 spiro atoms. The highest BCUT2D eigenvalue weighted by molar-refractivity contribution is 7.99. The predicted octanol–water partition coefficient (Wildman–Crippen LogP) is 2.05. The van der Waals surface area contributed by atoms with Gasteiger partial charge in [0.25, 0.3) is 5.91 Å². The summed E-state index contributed by atoms with van der Waals surface area (Å²) in [6.45, 7) is 3.80. The van der Waals surface area contributed by atoms with E-state index in [0.717, 1.165) is 4.90 Å². The number of amides is 1. The number of hydrogen-bond donors (Lipinski definition) is 2. The van der Waals surface area contributed by atoms with Crippen LogP contribution < -0.4 is 5.32 Å². The van der Waals surface area contributed by atoms with Crippen molar-refractivity contribution in [3.63, 3.8) is 0 Å². The van der Waals surface area contributed by atoms with Crippen LogP contribution in [0.25, 0.3) is 0 Å². The Balaban J connectivity index is 2.84. The molecule has 5 heteroatoms. The van der Waals surface area contributed by atoms with Gasteiger partial charge in [-0.15, -0.1) is 11.8 Å². The van der Waals surface area contributed by atoms with Gasteiger partial charge in [-0.2, -0.15) is 5.26 Å². The number of hydrogen-bond acceptors (Lipinski definition) is 4. The zero-order chi connectivity index (χ0) is 14.3. The lowest BCUT2D eigenvalue weighted by Crippen LogP contribution is -2.41.